The predicted molar refractivity (Wildman–Crippen MR) is 119 cm³/mol. The van der Waals surface area contributed by atoms with Crippen molar-refractivity contribution in [1.29, 1.82) is 0 Å². The lowest BCUT2D eigenvalue weighted by Crippen LogP contribution is -2.57. The van der Waals surface area contributed by atoms with E-state index < -0.39 is 18.4 Å². The molecule has 0 spiro atoms. The second-order valence-electron chi connectivity index (χ2n) is 8.20. The third kappa shape index (κ3) is 6.12. The van der Waals surface area contributed by atoms with Crippen molar-refractivity contribution in [3.63, 3.8) is 0 Å². The molecule has 3 atom stereocenters. The molecular weight excluding hydrogens is 410 g/mol. The highest BCUT2D eigenvalue weighted by Crippen LogP contribution is 2.28. The summed E-state index contributed by atoms with van der Waals surface area (Å²) in [5.41, 5.74) is 1.06. The Morgan fingerprint density at radius 2 is 2.06 bits per heavy atom. The van der Waals surface area contributed by atoms with Gasteiger partial charge in [0.25, 0.3) is 0 Å². The number of methoxy groups -OCH3 is 1. The molecule has 0 unspecified atom stereocenters. The van der Waals surface area contributed by atoms with Gasteiger partial charge in [-0.05, 0) is 38.8 Å². The molecule has 1 aliphatic heterocycles. The van der Waals surface area contributed by atoms with Crippen LogP contribution in [0.5, 0.6) is 0 Å². The molecule has 0 radical (unpaired) electrons. The minimum atomic E-state index is -0.786. The molecule has 2 aliphatic rings. The van der Waals surface area contributed by atoms with Crippen molar-refractivity contribution >= 4 is 12.1 Å². The zero-order valence-corrected chi connectivity index (χ0v) is 18.9. The quantitative estimate of drug-likeness (QED) is 0.364. The molecule has 1 aromatic rings. The van der Waals surface area contributed by atoms with E-state index in [9.17, 15) is 9.59 Å². The van der Waals surface area contributed by atoms with Crippen LogP contribution in [0.3, 0.4) is 0 Å². The topological polar surface area (TPSA) is 74.3 Å². The number of ether oxygens (including phenoxy) is 4. The fraction of sp³-hybridized carbons (Fsp3) is 0.520. The second-order valence-corrected chi connectivity index (χ2v) is 8.20. The standard InChI is InChI=1S/C25H31NO6/c1-5-14-30-25(28)26(17(2)3)21-16-31-23(15-22(21)29-4)32-24(27)20-9-7-6-8-19(20)13-12-18-10-11-18/h5-9,17-18,21-23H,1,10-11,14-16H2,2-4H3/t21-,22-,23+/m0/s1. The van der Waals surface area contributed by atoms with E-state index in [4.69, 9.17) is 18.9 Å². The average molecular weight is 442 g/mol. The Bertz CT molecular complexity index is 882. The van der Waals surface area contributed by atoms with Gasteiger partial charge in [-0.3, -0.25) is 4.90 Å². The van der Waals surface area contributed by atoms with E-state index >= 15 is 0 Å². The van der Waals surface area contributed by atoms with Crippen molar-refractivity contribution in [3.8, 4) is 11.8 Å². The molecule has 0 bridgehead atoms. The van der Waals surface area contributed by atoms with E-state index in [0.29, 0.717) is 23.5 Å². The molecule has 1 saturated carbocycles. The Morgan fingerprint density at radius 1 is 1.31 bits per heavy atom. The Morgan fingerprint density at radius 3 is 2.72 bits per heavy atom. The lowest BCUT2D eigenvalue weighted by Gasteiger charge is -2.42. The zero-order valence-electron chi connectivity index (χ0n) is 18.9. The number of esters is 1. The number of hydrogen-bond donors (Lipinski definition) is 0. The van der Waals surface area contributed by atoms with E-state index in [2.05, 4.69) is 18.4 Å². The lowest BCUT2D eigenvalue weighted by molar-refractivity contribution is -0.187. The van der Waals surface area contributed by atoms with E-state index in [0.717, 1.165) is 12.8 Å². The third-order valence-corrected chi connectivity index (χ3v) is 5.43. The summed E-state index contributed by atoms with van der Waals surface area (Å²) in [4.78, 5) is 27.0. The van der Waals surface area contributed by atoms with Crippen LogP contribution in [0, 0.1) is 17.8 Å². The molecule has 32 heavy (non-hydrogen) atoms. The summed E-state index contributed by atoms with van der Waals surface area (Å²) in [7, 11) is 1.57. The Hall–Kier alpha value is -2.82. The molecule has 3 rings (SSSR count). The smallest absolute Gasteiger partial charge is 0.410 e. The van der Waals surface area contributed by atoms with Crippen LogP contribution < -0.4 is 0 Å². The fourth-order valence-electron chi connectivity index (χ4n) is 3.62. The molecule has 172 valence electrons. The predicted octanol–water partition coefficient (Wildman–Crippen LogP) is 3.77. The van der Waals surface area contributed by atoms with Crippen LogP contribution in [0.25, 0.3) is 0 Å². The fourth-order valence-corrected chi connectivity index (χ4v) is 3.62. The monoisotopic (exact) mass is 441 g/mol. The van der Waals surface area contributed by atoms with E-state index in [1.54, 1.807) is 24.1 Å². The molecule has 7 nitrogen and oxygen atoms in total. The first-order chi connectivity index (χ1) is 15.4. The van der Waals surface area contributed by atoms with E-state index in [1.165, 1.54) is 6.08 Å². The molecule has 2 fully saturated rings. The van der Waals surface area contributed by atoms with Crippen LogP contribution in [-0.4, -0.2) is 61.8 Å². The highest BCUT2D eigenvalue weighted by molar-refractivity contribution is 5.92. The van der Waals surface area contributed by atoms with Crippen molar-refractivity contribution < 1.29 is 28.5 Å². The largest absolute Gasteiger partial charge is 0.445 e. The van der Waals surface area contributed by atoms with Crippen molar-refractivity contribution in [2.75, 3.05) is 20.3 Å². The molecular formula is C25H31NO6. The van der Waals surface area contributed by atoms with Gasteiger partial charge in [-0.2, -0.15) is 0 Å². The maximum absolute atomic E-state index is 12.8. The molecule has 0 N–H and O–H groups in total. The van der Waals surface area contributed by atoms with Gasteiger partial charge in [0.1, 0.15) is 6.61 Å². The normalized spacial score (nSPS) is 22.4. The maximum Gasteiger partial charge on any atom is 0.410 e. The zero-order chi connectivity index (χ0) is 23.1. The first-order valence-corrected chi connectivity index (χ1v) is 11.0. The van der Waals surface area contributed by atoms with Crippen LogP contribution in [0.4, 0.5) is 4.79 Å². The SMILES string of the molecule is C=CCOC(=O)N(C(C)C)[C@H]1CO[C@H](OC(=O)c2ccccc2C#CC2CC2)C[C@@H]1OC. The van der Waals surface area contributed by atoms with E-state index in [1.807, 2.05) is 26.0 Å². The van der Waals surface area contributed by atoms with Gasteiger partial charge in [0.15, 0.2) is 0 Å². The van der Waals surface area contributed by atoms with Crippen molar-refractivity contribution in [3.05, 3.63) is 48.0 Å². The van der Waals surface area contributed by atoms with Crippen molar-refractivity contribution in [1.82, 2.24) is 4.90 Å². The van der Waals surface area contributed by atoms with Crippen LogP contribution in [0.15, 0.2) is 36.9 Å². The van der Waals surface area contributed by atoms with Gasteiger partial charge < -0.3 is 18.9 Å². The third-order valence-electron chi connectivity index (χ3n) is 5.43. The summed E-state index contributed by atoms with van der Waals surface area (Å²) in [5.74, 6) is 6.21. The molecule has 1 amide bonds. The number of nitrogens with zero attached hydrogens (tertiary/aromatic N) is 1. The number of carbonyl (C=O) groups is 2. The number of benzene rings is 1. The Kier molecular flexibility index (Phi) is 8.32. The molecule has 0 aromatic heterocycles. The van der Waals surface area contributed by atoms with Crippen LogP contribution in [-0.2, 0) is 18.9 Å². The van der Waals surface area contributed by atoms with Gasteiger partial charge in [0.05, 0.1) is 24.3 Å². The maximum atomic E-state index is 12.8. The summed E-state index contributed by atoms with van der Waals surface area (Å²) >= 11 is 0. The highest BCUT2D eigenvalue weighted by Gasteiger charge is 2.40. The van der Waals surface area contributed by atoms with E-state index in [-0.39, 0.29) is 31.4 Å². The molecule has 1 aromatic carbocycles. The van der Waals surface area contributed by atoms with Crippen LogP contribution >= 0.6 is 0 Å². The summed E-state index contributed by atoms with van der Waals surface area (Å²) in [6.45, 7) is 7.64. The van der Waals surface area contributed by atoms with Gasteiger partial charge in [0.2, 0.25) is 6.29 Å². The highest BCUT2D eigenvalue weighted by atomic mass is 16.7. The summed E-state index contributed by atoms with van der Waals surface area (Å²) in [5, 5.41) is 0. The summed E-state index contributed by atoms with van der Waals surface area (Å²) in [6.07, 6.45) is 2.41. The van der Waals surface area contributed by atoms with Crippen molar-refractivity contribution in [2.24, 2.45) is 5.92 Å². The van der Waals surface area contributed by atoms with Crippen molar-refractivity contribution in [2.45, 2.75) is 57.6 Å². The average Bonchev–Trinajstić information content (AvgIpc) is 3.61. The summed E-state index contributed by atoms with van der Waals surface area (Å²) in [6, 6.07) is 6.65. The number of carbonyl (C=O) groups excluding carboxylic acids is 2. The first kappa shape index (κ1) is 23.8. The van der Waals surface area contributed by atoms with Gasteiger partial charge in [0, 0.05) is 31.1 Å². The molecule has 7 heteroatoms. The Labute approximate surface area is 189 Å². The van der Waals surface area contributed by atoms with Gasteiger partial charge in [-0.15, -0.1) is 0 Å². The van der Waals surface area contributed by atoms with Gasteiger partial charge in [-0.1, -0.05) is 36.6 Å². The minimum absolute atomic E-state index is 0.122. The van der Waals surface area contributed by atoms with Crippen LogP contribution in [0.1, 0.15) is 49.0 Å². The van der Waals surface area contributed by atoms with Gasteiger partial charge in [-0.25, -0.2) is 9.59 Å². The number of amides is 1. The number of rotatable bonds is 7. The summed E-state index contributed by atoms with van der Waals surface area (Å²) < 4.78 is 22.3. The Balaban J connectivity index is 1.66. The first-order valence-electron chi connectivity index (χ1n) is 11.0. The molecule has 1 aliphatic carbocycles. The minimum Gasteiger partial charge on any atom is -0.445 e. The number of hydrogen-bond acceptors (Lipinski definition) is 6. The molecule has 1 saturated heterocycles. The van der Waals surface area contributed by atoms with Gasteiger partial charge >= 0.3 is 12.1 Å². The lowest BCUT2D eigenvalue weighted by atomic mass is 10.0. The van der Waals surface area contributed by atoms with Crippen LogP contribution in [0.2, 0.25) is 0 Å². The molecule has 1 heterocycles. The second kappa shape index (κ2) is 11.2.